The van der Waals surface area contributed by atoms with Gasteiger partial charge in [0.25, 0.3) is 0 Å². The highest BCUT2D eigenvalue weighted by Gasteiger charge is 2.14. The molecule has 0 aromatic heterocycles. The fourth-order valence-corrected chi connectivity index (χ4v) is 1.89. The van der Waals surface area contributed by atoms with E-state index in [9.17, 15) is 9.59 Å². The summed E-state index contributed by atoms with van der Waals surface area (Å²) >= 11 is 0. The number of primary amides is 1. The van der Waals surface area contributed by atoms with Crippen LogP contribution < -0.4 is 10.5 Å². The molecule has 0 aliphatic heterocycles. The summed E-state index contributed by atoms with van der Waals surface area (Å²) in [7, 11) is 1.58. The molecule has 0 fully saturated rings. The Morgan fingerprint density at radius 2 is 1.85 bits per heavy atom. The molecule has 0 saturated carbocycles. The number of carbonyl (C=O) groups is 2. The van der Waals surface area contributed by atoms with Crippen molar-refractivity contribution < 1.29 is 14.3 Å². The number of rotatable bonds is 9. The van der Waals surface area contributed by atoms with E-state index in [4.69, 9.17) is 10.5 Å². The first-order chi connectivity index (χ1) is 9.56. The number of methoxy groups -OCH3 is 1. The largest absolute Gasteiger partial charge is 0.497 e. The minimum atomic E-state index is -0.413. The van der Waals surface area contributed by atoms with Crippen molar-refractivity contribution in [1.82, 2.24) is 4.90 Å². The summed E-state index contributed by atoms with van der Waals surface area (Å²) in [5.41, 5.74) is 5.82. The second-order valence-electron chi connectivity index (χ2n) is 4.68. The van der Waals surface area contributed by atoms with E-state index < -0.39 is 5.91 Å². The molecule has 0 radical (unpaired) electrons. The number of hydrogen-bond acceptors (Lipinski definition) is 4. The molecule has 1 rings (SSSR count). The minimum absolute atomic E-state index is 0.0231. The van der Waals surface area contributed by atoms with Gasteiger partial charge in [-0.25, -0.2) is 0 Å². The second kappa shape index (κ2) is 8.32. The Morgan fingerprint density at radius 3 is 2.35 bits per heavy atom. The van der Waals surface area contributed by atoms with Gasteiger partial charge in [0.15, 0.2) is 5.78 Å². The Kier molecular flexibility index (Phi) is 6.73. The van der Waals surface area contributed by atoms with Crippen LogP contribution in [0.5, 0.6) is 5.75 Å². The SMILES string of the molecule is CCCCN(CC(N)=O)CC(=O)c1ccc(OC)cc1. The first-order valence-electron chi connectivity index (χ1n) is 6.74. The van der Waals surface area contributed by atoms with Crippen LogP contribution in [0.4, 0.5) is 0 Å². The van der Waals surface area contributed by atoms with Crippen LogP contribution in [0.3, 0.4) is 0 Å². The fourth-order valence-electron chi connectivity index (χ4n) is 1.89. The molecule has 5 nitrogen and oxygen atoms in total. The van der Waals surface area contributed by atoms with E-state index in [0.29, 0.717) is 17.9 Å². The molecule has 0 atom stereocenters. The predicted molar refractivity (Wildman–Crippen MR) is 77.9 cm³/mol. The first-order valence-corrected chi connectivity index (χ1v) is 6.74. The van der Waals surface area contributed by atoms with Crippen molar-refractivity contribution in [2.45, 2.75) is 19.8 Å². The molecule has 0 spiro atoms. The van der Waals surface area contributed by atoms with Crippen LogP contribution in [0.2, 0.25) is 0 Å². The highest BCUT2D eigenvalue weighted by atomic mass is 16.5. The van der Waals surface area contributed by atoms with Gasteiger partial charge < -0.3 is 10.5 Å². The number of unbranched alkanes of at least 4 members (excludes halogenated alkanes) is 1. The van der Waals surface area contributed by atoms with Gasteiger partial charge in [0.1, 0.15) is 5.75 Å². The van der Waals surface area contributed by atoms with Crippen LogP contribution in [0, 0.1) is 0 Å². The van der Waals surface area contributed by atoms with E-state index in [1.54, 1.807) is 36.3 Å². The van der Waals surface area contributed by atoms with Crippen molar-refractivity contribution in [2.24, 2.45) is 5.73 Å². The third-order valence-corrected chi connectivity index (χ3v) is 2.99. The Morgan fingerprint density at radius 1 is 1.20 bits per heavy atom. The van der Waals surface area contributed by atoms with E-state index in [0.717, 1.165) is 12.8 Å². The van der Waals surface area contributed by atoms with E-state index in [-0.39, 0.29) is 18.9 Å². The van der Waals surface area contributed by atoms with E-state index >= 15 is 0 Å². The summed E-state index contributed by atoms with van der Waals surface area (Å²) in [6, 6.07) is 6.95. The summed E-state index contributed by atoms with van der Waals surface area (Å²) in [5, 5.41) is 0. The predicted octanol–water partition coefficient (Wildman–Crippen LogP) is 1.47. The lowest BCUT2D eigenvalue weighted by atomic mass is 10.1. The van der Waals surface area contributed by atoms with Crippen LogP contribution >= 0.6 is 0 Å². The molecule has 0 heterocycles. The van der Waals surface area contributed by atoms with Crippen molar-refractivity contribution in [1.29, 1.82) is 0 Å². The van der Waals surface area contributed by atoms with Crippen LogP contribution in [-0.2, 0) is 4.79 Å². The number of ether oxygens (including phenoxy) is 1. The molecule has 0 aliphatic carbocycles. The first kappa shape index (κ1) is 16.2. The van der Waals surface area contributed by atoms with E-state index in [1.807, 2.05) is 0 Å². The summed E-state index contributed by atoms with van der Waals surface area (Å²) in [5.74, 6) is 0.273. The number of hydrogen-bond donors (Lipinski definition) is 1. The summed E-state index contributed by atoms with van der Waals surface area (Å²) < 4.78 is 5.05. The van der Waals surface area contributed by atoms with E-state index in [1.165, 1.54) is 0 Å². The third-order valence-electron chi connectivity index (χ3n) is 2.99. The molecule has 5 heteroatoms. The zero-order chi connectivity index (χ0) is 15.0. The minimum Gasteiger partial charge on any atom is -0.497 e. The van der Waals surface area contributed by atoms with Gasteiger partial charge in [0.05, 0.1) is 20.2 Å². The Balaban J connectivity index is 2.65. The van der Waals surface area contributed by atoms with Gasteiger partial charge in [-0.1, -0.05) is 13.3 Å². The number of nitrogens with two attached hydrogens (primary N) is 1. The van der Waals surface area contributed by atoms with Crippen molar-refractivity contribution in [3.63, 3.8) is 0 Å². The molecule has 1 aromatic rings. The van der Waals surface area contributed by atoms with Gasteiger partial charge in [0.2, 0.25) is 5.91 Å². The molecule has 0 saturated heterocycles. The van der Waals surface area contributed by atoms with Crippen LogP contribution in [-0.4, -0.2) is 43.3 Å². The summed E-state index contributed by atoms with van der Waals surface area (Å²) in [6.45, 7) is 3.08. The number of nitrogens with zero attached hydrogens (tertiary/aromatic N) is 1. The topological polar surface area (TPSA) is 72.6 Å². The van der Waals surface area contributed by atoms with Crippen molar-refractivity contribution in [2.75, 3.05) is 26.7 Å². The second-order valence-corrected chi connectivity index (χ2v) is 4.68. The van der Waals surface area contributed by atoms with Crippen LogP contribution in [0.15, 0.2) is 24.3 Å². The maximum atomic E-state index is 12.2. The quantitative estimate of drug-likeness (QED) is 0.694. The zero-order valence-electron chi connectivity index (χ0n) is 12.1. The third kappa shape index (κ3) is 5.40. The number of carbonyl (C=O) groups excluding carboxylic acids is 2. The van der Waals surface area contributed by atoms with Crippen molar-refractivity contribution in [3.8, 4) is 5.75 Å². The molecular weight excluding hydrogens is 256 g/mol. The maximum Gasteiger partial charge on any atom is 0.231 e. The summed E-state index contributed by atoms with van der Waals surface area (Å²) in [6.07, 6.45) is 1.94. The zero-order valence-corrected chi connectivity index (χ0v) is 12.1. The lowest BCUT2D eigenvalue weighted by Crippen LogP contribution is -2.38. The lowest BCUT2D eigenvalue weighted by molar-refractivity contribution is -0.119. The number of amides is 1. The molecular formula is C15H22N2O3. The van der Waals surface area contributed by atoms with Gasteiger partial charge in [-0.3, -0.25) is 14.5 Å². The molecule has 2 N–H and O–H groups in total. The number of Topliss-reactive ketones (excluding diaryl/α,β-unsaturated/α-hetero) is 1. The Bertz CT molecular complexity index is 443. The van der Waals surface area contributed by atoms with Gasteiger partial charge in [-0.2, -0.15) is 0 Å². The lowest BCUT2D eigenvalue weighted by Gasteiger charge is -2.19. The number of ketones is 1. The molecule has 110 valence electrons. The van der Waals surface area contributed by atoms with Crippen molar-refractivity contribution >= 4 is 11.7 Å². The Labute approximate surface area is 119 Å². The van der Waals surface area contributed by atoms with Gasteiger partial charge in [-0.15, -0.1) is 0 Å². The monoisotopic (exact) mass is 278 g/mol. The average Bonchev–Trinajstić information content (AvgIpc) is 2.44. The van der Waals surface area contributed by atoms with Gasteiger partial charge in [-0.05, 0) is 37.2 Å². The molecule has 20 heavy (non-hydrogen) atoms. The molecule has 0 aliphatic rings. The van der Waals surface area contributed by atoms with Gasteiger partial charge in [0, 0.05) is 5.56 Å². The highest BCUT2D eigenvalue weighted by molar-refractivity contribution is 5.97. The highest BCUT2D eigenvalue weighted by Crippen LogP contribution is 2.12. The maximum absolute atomic E-state index is 12.2. The smallest absolute Gasteiger partial charge is 0.231 e. The van der Waals surface area contributed by atoms with Crippen molar-refractivity contribution in [3.05, 3.63) is 29.8 Å². The Hall–Kier alpha value is -1.88. The van der Waals surface area contributed by atoms with Gasteiger partial charge >= 0.3 is 0 Å². The standard InChI is InChI=1S/C15H22N2O3/c1-3-4-9-17(11-15(16)19)10-14(18)12-5-7-13(20-2)8-6-12/h5-8H,3-4,9-11H2,1-2H3,(H2,16,19). The molecule has 0 bridgehead atoms. The average molecular weight is 278 g/mol. The molecule has 1 aromatic carbocycles. The van der Waals surface area contributed by atoms with Crippen LogP contribution in [0.1, 0.15) is 30.1 Å². The normalized spacial score (nSPS) is 10.6. The summed E-state index contributed by atoms with van der Waals surface area (Å²) in [4.78, 5) is 25.0. The van der Waals surface area contributed by atoms with Crippen LogP contribution in [0.25, 0.3) is 0 Å². The molecule has 1 amide bonds. The number of benzene rings is 1. The molecule has 0 unspecified atom stereocenters. The van der Waals surface area contributed by atoms with E-state index in [2.05, 4.69) is 6.92 Å². The fraction of sp³-hybridized carbons (Fsp3) is 0.467.